The molecule has 6 atom stereocenters. The minimum atomic E-state index is -1.54. The summed E-state index contributed by atoms with van der Waals surface area (Å²) in [6.45, 7) is 3.32. The van der Waals surface area contributed by atoms with Gasteiger partial charge in [-0.25, -0.2) is 0 Å². The number of unbranched alkanes of at least 4 members (excludes halogenated alkanes) is 3. The first kappa shape index (κ1) is 39.7. The van der Waals surface area contributed by atoms with Crippen LogP contribution in [0.3, 0.4) is 0 Å². The fourth-order valence-electron chi connectivity index (χ4n) is 4.26. The summed E-state index contributed by atoms with van der Waals surface area (Å²) < 4.78 is 21.7. The van der Waals surface area contributed by atoms with Gasteiger partial charge in [-0.1, -0.05) is 86.3 Å². The van der Waals surface area contributed by atoms with Gasteiger partial charge in [0, 0.05) is 13.5 Å². The van der Waals surface area contributed by atoms with E-state index >= 15 is 0 Å². The maximum absolute atomic E-state index is 11.5. The average molecular weight is 621 g/mol. The van der Waals surface area contributed by atoms with E-state index < -0.39 is 49.4 Å². The molecule has 9 heteroatoms. The SMILES string of the molecule is CC/C=C\C/C=C\C/C=C\C/C=C\C/C=C\C/C=C\CCCCCOCC(COC1OC(CO)C(O)C(O)C1O)OC(C)=O. The zero-order valence-corrected chi connectivity index (χ0v) is 26.6. The van der Waals surface area contributed by atoms with Crippen LogP contribution in [0, 0.1) is 0 Å². The van der Waals surface area contributed by atoms with Crippen LogP contribution in [0.25, 0.3) is 0 Å². The number of hydrogen-bond donors (Lipinski definition) is 4. The van der Waals surface area contributed by atoms with E-state index in [4.69, 9.17) is 18.9 Å². The summed E-state index contributed by atoms with van der Waals surface area (Å²) in [5.74, 6) is -0.507. The number of carbonyl (C=O) groups is 1. The highest BCUT2D eigenvalue weighted by Gasteiger charge is 2.44. The van der Waals surface area contributed by atoms with Gasteiger partial charge in [-0.3, -0.25) is 4.79 Å². The Morgan fingerprint density at radius 2 is 1.27 bits per heavy atom. The van der Waals surface area contributed by atoms with Crippen molar-refractivity contribution in [3.63, 3.8) is 0 Å². The minimum Gasteiger partial charge on any atom is -0.458 e. The van der Waals surface area contributed by atoms with Gasteiger partial charge in [-0.2, -0.15) is 0 Å². The molecule has 0 radical (unpaired) electrons. The molecule has 6 unspecified atom stereocenters. The highest BCUT2D eigenvalue weighted by atomic mass is 16.7. The Morgan fingerprint density at radius 1 is 0.727 bits per heavy atom. The number of aliphatic hydroxyl groups is 4. The number of allylic oxidation sites excluding steroid dienone is 12. The van der Waals surface area contributed by atoms with Gasteiger partial charge >= 0.3 is 5.97 Å². The van der Waals surface area contributed by atoms with Crippen LogP contribution in [0.15, 0.2) is 72.9 Å². The minimum absolute atomic E-state index is 0.101. The zero-order valence-electron chi connectivity index (χ0n) is 26.6. The second-order valence-electron chi connectivity index (χ2n) is 10.6. The monoisotopic (exact) mass is 620 g/mol. The molecule has 1 fully saturated rings. The van der Waals surface area contributed by atoms with E-state index in [1.165, 1.54) is 6.92 Å². The quantitative estimate of drug-likeness (QED) is 0.0667. The van der Waals surface area contributed by atoms with E-state index in [2.05, 4.69) is 79.8 Å². The molecule has 0 bridgehead atoms. The Labute approximate surface area is 264 Å². The first-order valence-corrected chi connectivity index (χ1v) is 16.0. The average Bonchev–Trinajstić information content (AvgIpc) is 3.01. The topological polar surface area (TPSA) is 135 Å². The number of esters is 1. The predicted octanol–water partition coefficient (Wildman–Crippen LogP) is 5.01. The van der Waals surface area contributed by atoms with Crippen molar-refractivity contribution in [1.82, 2.24) is 0 Å². The third-order valence-electron chi connectivity index (χ3n) is 6.69. The fourth-order valence-corrected chi connectivity index (χ4v) is 4.26. The fraction of sp³-hybridized carbons (Fsp3) is 0.629. The van der Waals surface area contributed by atoms with Gasteiger partial charge in [0.1, 0.15) is 30.5 Å². The Hall–Kier alpha value is -2.37. The maximum Gasteiger partial charge on any atom is 0.303 e. The number of carbonyl (C=O) groups excluding carboxylic acids is 1. The van der Waals surface area contributed by atoms with Gasteiger partial charge in [0.15, 0.2) is 6.29 Å². The number of rotatable bonds is 24. The third kappa shape index (κ3) is 19.8. The Balaban J connectivity index is 2.09. The normalized spacial score (nSPS) is 23.8. The molecular weight excluding hydrogens is 564 g/mol. The second-order valence-corrected chi connectivity index (χ2v) is 10.6. The van der Waals surface area contributed by atoms with E-state index in [-0.39, 0.29) is 13.2 Å². The van der Waals surface area contributed by atoms with Crippen molar-refractivity contribution < 1.29 is 44.2 Å². The van der Waals surface area contributed by atoms with Crippen LogP contribution in [0.4, 0.5) is 0 Å². The molecular formula is C35H56O9. The standard InChI is InChI=1S/C35H56O9/c1-3-4-5-6-7-8-9-10-11-12-13-14-15-16-17-18-19-20-21-22-23-24-25-41-27-30(43-29(2)37)28-42-35-34(40)33(39)32(38)31(26-36)44-35/h4-5,7-8,10-11,13-14,16-17,19-20,30-36,38-40H,3,6,9,12,15,18,21-28H2,1-2H3/b5-4-,8-7-,11-10-,14-13-,17-16-,20-19-. The Kier molecular flexibility index (Phi) is 24.3. The molecule has 1 rings (SSSR count). The number of aliphatic hydroxyl groups excluding tert-OH is 4. The molecule has 4 N–H and O–H groups in total. The van der Waals surface area contributed by atoms with Gasteiger partial charge in [0.25, 0.3) is 0 Å². The van der Waals surface area contributed by atoms with E-state index in [9.17, 15) is 25.2 Å². The molecule has 1 aliphatic heterocycles. The molecule has 1 aliphatic rings. The van der Waals surface area contributed by atoms with Gasteiger partial charge in [0.05, 0.1) is 19.8 Å². The molecule has 9 nitrogen and oxygen atoms in total. The van der Waals surface area contributed by atoms with Gasteiger partial charge < -0.3 is 39.4 Å². The molecule has 0 aromatic heterocycles. The lowest BCUT2D eigenvalue weighted by molar-refractivity contribution is -0.305. The number of hydrogen-bond acceptors (Lipinski definition) is 9. The van der Waals surface area contributed by atoms with Crippen molar-refractivity contribution in [2.24, 2.45) is 0 Å². The molecule has 0 amide bonds. The van der Waals surface area contributed by atoms with Crippen molar-refractivity contribution in [1.29, 1.82) is 0 Å². The van der Waals surface area contributed by atoms with Crippen LogP contribution in [0.2, 0.25) is 0 Å². The maximum atomic E-state index is 11.5. The summed E-state index contributed by atoms with van der Waals surface area (Å²) in [6, 6.07) is 0. The van der Waals surface area contributed by atoms with Gasteiger partial charge in [0.2, 0.25) is 0 Å². The Morgan fingerprint density at radius 3 is 1.80 bits per heavy atom. The molecule has 1 heterocycles. The van der Waals surface area contributed by atoms with Crippen molar-refractivity contribution in [2.75, 3.05) is 26.4 Å². The van der Waals surface area contributed by atoms with Crippen molar-refractivity contribution in [3.05, 3.63) is 72.9 Å². The lowest BCUT2D eigenvalue weighted by Crippen LogP contribution is -2.59. The highest BCUT2D eigenvalue weighted by Crippen LogP contribution is 2.22. The molecule has 0 saturated carbocycles. The predicted molar refractivity (Wildman–Crippen MR) is 173 cm³/mol. The van der Waals surface area contributed by atoms with E-state index in [0.29, 0.717) is 6.61 Å². The van der Waals surface area contributed by atoms with E-state index in [1.54, 1.807) is 0 Å². The largest absolute Gasteiger partial charge is 0.458 e. The lowest BCUT2D eigenvalue weighted by atomic mass is 9.99. The molecule has 0 aromatic rings. The summed E-state index contributed by atoms with van der Waals surface area (Å²) in [5, 5.41) is 39.1. The van der Waals surface area contributed by atoms with E-state index in [1.807, 2.05) is 0 Å². The molecule has 1 saturated heterocycles. The molecule has 0 aliphatic carbocycles. The summed E-state index contributed by atoms with van der Waals surface area (Å²) >= 11 is 0. The third-order valence-corrected chi connectivity index (χ3v) is 6.69. The van der Waals surface area contributed by atoms with Crippen LogP contribution >= 0.6 is 0 Å². The lowest BCUT2D eigenvalue weighted by Gasteiger charge is -2.39. The second kappa shape index (κ2) is 27.0. The molecule has 44 heavy (non-hydrogen) atoms. The van der Waals surface area contributed by atoms with Gasteiger partial charge in [-0.05, 0) is 57.8 Å². The smallest absolute Gasteiger partial charge is 0.303 e. The summed E-state index contributed by atoms with van der Waals surface area (Å²) in [6.07, 6.45) is 28.6. The zero-order chi connectivity index (χ0) is 32.3. The van der Waals surface area contributed by atoms with Crippen LogP contribution in [0.5, 0.6) is 0 Å². The number of ether oxygens (including phenoxy) is 4. The first-order chi connectivity index (χ1) is 21.4. The Bertz CT molecular complexity index is 891. The van der Waals surface area contributed by atoms with Crippen LogP contribution in [0.1, 0.15) is 78.1 Å². The molecule has 0 spiro atoms. The van der Waals surface area contributed by atoms with E-state index in [0.717, 1.165) is 64.2 Å². The summed E-state index contributed by atoms with van der Waals surface area (Å²) in [4.78, 5) is 11.5. The molecule has 0 aromatic carbocycles. The van der Waals surface area contributed by atoms with Crippen LogP contribution in [-0.4, -0.2) is 89.6 Å². The molecule has 250 valence electrons. The van der Waals surface area contributed by atoms with Crippen molar-refractivity contribution >= 4 is 5.97 Å². The summed E-state index contributed by atoms with van der Waals surface area (Å²) in [7, 11) is 0. The van der Waals surface area contributed by atoms with Crippen LogP contribution in [-0.2, 0) is 23.7 Å². The highest BCUT2D eigenvalue weighted by molar-refractivity contribution is 5.66. The van der Waals surface area contributed by atoms with Crippen molar-refractivity contribution in [3.8, 4) is 0 Å². The van der Waals surface area contributed by atoms with Gasteiger partial charge in [-0.15, -0.1) is 0 Å². The first-order valence-electron chi connectivity index (χ1n) is 16.0. The van der Waals surface area contributed by atoms with Crippen molar-refractivity contribution in [2.45, 2.75) is 115 Å². The summed E-state index contributed by atoms with van der Waals surface area (Å²) in [5.41, 5.74) is 0. The van der Waals surface area contributed by atoms with Crippen LogP contribution < -0.4 is 0 Å².